The van der Waals surface area contributed by atoms with E-state index in [0.717, 1.165) is 19.4 Å². The predicted molar refractivity (Wildman–Crippen MR) is 62.1 cm³/mol. The summed E-state index contributed by atoms with van der Waals surface area (Å²) < 4.78 is 0. The Kier molecular flexibility index (Phi) is 4.73. The minimum Gasteiger partial charge on any atom is -0.318 e. The van der Waals surface area contributed by atoms with E-state index in [0.29, 0.717) is 6.54 Å². The fraction of sp³-hybridized carbons (Fsp3) is 0.818. The molecule has 16 heavy (non-hydrogen) atoms. The van der Waals surface area contributed by atoms with Crippen LogP contribution in [0.15, 0.2) is 0 Å². The van der Waals surface area contributed by atoms with Crippen LogP contribution in [-0.2, 0) is 4.79 Å². The summed E-state index contributed by atoms with van der Waals surface area (Å²) in [4.78, 5) is 26.0. The quantitative estimate of drug-likeness (QED) is 0.678. The van der Waals surface area contributed by atoms with E-state index >= 15 is 0 Å². The van der Waals surface area contributed by atoms with Crippen molar-refractivity contribution < 1.29 is 9.59 Å². The number of nitrogens with zero attached hydrogens (tertiary/aromatic N) is 2. The molecular weight excluding hydrogens is 206 g/mol. The highest BCUT2D eigenvalue weighted by molar-refractivity contribution is 6.01. The van der Waals surface area contributed by atoms with E-state index in [9.17, 15) is 9.59 Å². The van der Waals surface area contributed by atoms with Gasteiger partial charge in [-0.15, -0.1) is 0 Å². The Bertz CT molecular complexity index is 262. The van der Waals surface area contributed by atoms with Crippen LogP contribution in [0.3, 0.4) is 0 Å². The summed E-state index contributed by atoms with van der Waals surface area (Å²) in [5.74, 6) is -0.0912. The first-order valence-electron chi connectivity index (χ1n) is 5.89. The molecule has 1 rings (SSSR count). The maximum atomic E-state index is 11.7. The highest BCUT2D eigenvalue weighted by atomic mass is 16.2. The van der Waals surface area contributed by atoms with Gasteiger partial charge in [-0.1, -0.05) is 20.3 Å². The molecule has 0 spiro atoms. The summed E-state index contributed by atoms with van der Waals surface area (Å²) in [7, 11) is 1.66. The third kappa shape index (κ3) is 2.95. The molecule has 1 unspecified atom stereocenters. The molecule has 0 saturated carbocycles. The van der Waals surface area contributed by atoms with Gasteiger partial charge in [0.15, 0.2) is 0 Å². The minimum atomic E-state index is -0.177. The molecule has 92 valence electrons. The average Bonchev–Trinajstić information content (AvgIpc) is 2.46. The van der Waals surface area contributed by atoms with Crippen molar-refractivity contribution in [2.75, 3.05) is 26.7 Å². The van der Waals surface area contributed by atoms with E-state index in [1.165, 1.54) is 9.80 Å². The van der Waals surface area contributed by atoms with Crippen molar-refractivity contribution in [1.82, 2.24) is 15.1 Å². The second kappa shape index (κ2) is 5.84. The lowest BCUT2D eigenvalue weighted by Crippen LogP contribution is -2.44. The molecule has 1 N–H and O–H groups in total. The molecule has 1 fully saturated rings. The Labute approximate surface area is 96.8 Å². The SMILES string of the molecule is CCCC(CN1C(=O)CN(C)C1=O)NCC. The van der Waals surface area contributed by atoms with Crippen LogP contribution in [0.2, 0.25) is 0 Å². The highest BCUT2D eigenvalue weighted by Gasteiger charge is 2.34. The molecule has 0 aliphatic carbocycles. The summed E-state index contributed by atoms with van der Waals surface area (Å²) in [5, 5.41) is 3.30. The summed E-state index contributed by atoms with van der Waals surface area (Å²) >= 11 is 0. The molecule has 0 bridgehead atoms. The molecule has 3 amide bonds. The highest BCUT2D eigenvalue weighted by Crippen LogP contribution is 2.10. The van der Waals surface area contributed by atoms with Crippen LogP contribution in [0.25, 0.3) is 0 Å². The first-order valence-corrected chi connectivity index (χ1v) is 5.89. The van der Waals surface area contributed by atoms with Gasteiger partial charge in [0.1, 0.15) is 6.54 Å². The number of hydrogen-bond acceptors (Lipinski definition) is 3. The lowest BCUT2D eigenvalue weighted by atomic mass is 10.1. The first-order chi connectivity index (χ1) is 7.60. The topological polar surface area (TPSA) is 52.7 Å². The standard InChI is InChI=1S/C11H21N3O2/c1-4-6-9(12-5-2)7-14-10(15)8-13(3)11(14)16/h9,12H,4-8H2,1-3H3. The number of hydrogen-bond donors (Lipinski definition) is 1. The van der Waals surface area contributed by atoms with Crippen molar-refractivity contribution >= 4 is 11.9 Å². The Morgan fingerprint density at radius 3 is 2.50 bits per heavy atom. The van der Waals surface area contributed by atoms with Crippen molar-refractivity contribution in [2.45, 2.75) is 32.7 Å². The van der Waals surface area contributed by atoms with Crippen LogP contribution in [0.5, 0.6) is 0 Å². The Morgan fingerprint density at radius 1 is 1.38 bits per heavy atom. The van der Waals surface area contributed by atoms with Gasteiger partial charge in [0.05, 0.1) is 0 Å². The van der Waals surface area contributed by atoms with Crippen LogP contribution < -0.4 is 5.32 Å². The molecule has 1 heterocycles. The molecule has 0 aromatic rings. The molecule has 1 aliphatic rings. The van der Waals surface area contributed by atoms with Crippen molar-refractivity contribution in [1.29, 1.82) is 0 Å². The van der Waals surface area contributed by atoms with Gasteiger partial charge in [0.25, 0.3) is 0 Å². The van der Waals surface area contributed by atoms with Crippen LogP contribution in [0.4, 0.5) is 4.79 Å². The number of carbonyl (C=O) groups excluding carboxylic acids is 2. The van der Waals surface area contributed by atoms with E-state index < -0.39 is 0 Å². The maximum absolute atomic E-state index is 11.7. The van der Waals surface area contributed by atoms with E-state index in [4.69, 9.17) is 0 Å². The molecule has 5 heteroatoms. The van der Waals surface area contributed by atoms with Gasteiger partial charge in [0, 0.05) is 19.6 Å². The van der Waals surface area contributed by atoms with E-state index in [1.807, 2.05) is 6.92 Å². The second-order valence-corrected chi connectivity index (χ2v) is 4.19. The summed E-state index contributed by atoms with van der Waals surface area (Å²) in [5.41, 5.74) is 0. The Balaban J connectivity index is 2.56. The third-order valence-corrected chi connectivity index (χ3v) is 2.76. The first kappa shape index (κ1) is 13.0. The molecule has 1 aliphatic heterocycles. The number of urea groups is 1. The summed E-state index contributed by atoms with van der Waals surface area (Å²) in [6.45, 7) is 5.69. The largest absolute Gasteiger partial charge is 0.327 e. The van der Waals surface area contributed by atoms with Gasteiger partial charge in [-0.25, -0.2) is 4.79 Å². The van der Waals surface area contributed by atoms with Crippen LogP contribution >= 0.6 is 0 Å². The summed E-state index contributed by atoms with van der Waals surface area (Å²) in [6, 6.07) is 0.0402. The van der Waals surface area contributed by atoms with Gasteiger partial charge in [-0.3, -0.25) is 9.69 Å². The zero-order valence-corrected chi connectivity index (χ0v) is 10.3. The number of imide groups is 1. The zero-order chi connectivity index (χ0) is 12.1. The fourth-order valence-corrected chi connectivity index (χ4v) is 1.96. The lowest BCUT2D eigenvalue weighted by molar-refractivity contribution is -0.125. The van der Waals surface area contributed by atoms with Gasteiger partial charge < -0.3 is 10.2 Å². The van der Waals surface area contributed by atoms with Crippen LogP contribution in [0, 0.1) is 0 Å². The van der Waals surface area contributed by atoms with E-state index in [-0.39, 0.29) is 24.5 Å². The molecule has 0 aromatic heterocycles. The predicted octanol–water partition coefficient (Wildman–Crippen LogP) is 0.659. The monoisotopic (exact) mass is 227 g/mol. The van der Waals surface area contributed by atoms with E-state index in [1.54, 1.807) is 7.05 Å². The molecule has 0 radical (unpaired) electrons. The summed E-state index contributed by atoms with van der Waals surface area (Å²) in [6.07, 6.45) is 2.03. The number of rotatable bonds is 6. The minimum absolute atomic E-state index is 0.0912. The van der Waals surface area contributed by atoms with Crippen LogP contribution in [0.1, 0.15) is 26.7 Å². The van der Waals surface area contributed by atoms with Crippen molar-refractivity contribution in [2.24, 2.45) is 0 Å². The van der Waals surface area contributed by atoms with Crippen molar-refractivity contribution in [3.63, 3.8) is 0 Å². The lowest BCUT2D eigenvalue weighted by Gasteiger charge is -2.22. The molecule has 0 aromatic carbocycles. The Morgan fingerprint density at radius 2 is 2.06 bits per heavy atom. The zero-order valence-electron chi connectivity index (χ0n) is 10.3. The van der Waals surface area contributed by atoms with Gasteiger partial charge in [-0.2, -0.15) is 0 Å². The van der Waals surface area contributed by atoms with Gasteiger partial charge >= 0.3 is 6.03 Å². The number of likely N-dealkylation sites (N-methyl/N-ethyl adjacent to an activating group) is 2. The molecule has 1 atom stereocenters. The van der Waals surface area contributed by atoms with Crippen molar-refractivity contribution in [3.05, 3.63) is 0 Å². The number of amides is 3. The van der Waals surface area contributed by atoms with Crippen molar-refractivity contribution in [3.8, 4) is 0 Å². The maximum Gasteiger partial charge on any atom is 0.327 e. The van der Waals surface area contributed by atoms with Gasteiger partial charge in [0.2, 0.25) is 5.91 Å². The Hall–Kier alpha value is -1.10. The number of nitrogens with one attached hydrogen (secondary N) is 1. The van der Waals surface area contributed by atoms with Gasteiger partial charge in [-0.05, 0) is 13.0 Å². The second-order valence-electron chi connectivity index (χ2n) is 4.19. The van der Waals surface area contributed by atoms with E-state index in [2.05, 4.69) is 12.2 Å². The third-order valence-electron chi connectivity index (χ3n) is 2.76. The fourth-order valence-electron chi connectivity index (χ4n) is 1.96. The smallest absolute Gasteiger partial charge is 0.318 e. The molecular formula is C11H21N3O2. The molecule has 5 nitrogen and oxygen atoms in total. The number of carbonyl (C=O) groups is 2. The molecule has 1 saturated heterocycles. The van der Waals surface area contributed by atoms with Crippen LogP contribution in [-0.4, -0.2) is 54.5 Å². The average molecular weight is 227 g/mol. The normalized spacial score (nSPS) is 18.4.